The third-order valence-electron chi connectivity index (χ3n) is 3.90. The molecule has 10 N–H and O–H groups in total. The average molecular weight is 465 g/mol. The van der Waals surface area contributed by atoms with Crippen molar-refractivity contribution < 1.29 is 44.1 Å². The standard InChI is InChI=1S/C16H27N5O9S/c1-6(22)12(21-13(26)7(17)4-10(18)23)15(28)20-9(5-31)14(27)19-8(16(29)30)2-3-11(24)25/h6-9,12,22,31H,2-5,17H2,1H3,(H2,18,23)(H,19,27)(H,20,28)(H,21,26)(H,24,25)(H,29,30). The molecule has 0 saturated heterocycles. The second-order valence-electron chi connectivity index (χ2n) is 6.58. The Hall–Kier alpha value is -2.91. The predicted octanol–water partition coefficient (Wildman–Crippen LogP) is -4.10. The van der Waals surface area contributed by atoms with Crippen LogP contribution in [0.4, 0.5) is 0 Å². The summed E-state index contributed by atoms with van der Waals surface area (Å²) >= 11 is 3.91. The normalized spacial score (nSPS) is 15.5. The quantitative estimate of drug-likeness (QED) is 0.112. The topological polar surface area (TPSA) is 251 Å². The summed E-state index contributed by atoms with van der Waals surface area (Å²) in [4.78, 5) is 69.4. The lowest BCUT2D eigenvalue weighted by Crippen LogP contribution is -2.60. The van der Waals surface area contributed by atoms with E-state index in [-0.39, 0.29) is 5.75 Å². The molecule has 0 fully saturated rings. The van der Waals surface area contributed by atoms with Gasteiger partial charge >= 0.3 is 11.9 Å². The van der Waals surface area contributed by atoms with Crippen LogP contribution in [0.15, 0.2) is 0 Å². The molecule has 0 heterocycles. The lowest BCUT2D eigenvalue weighted by atomic mass is 10.1. The fraction of sp³-hybridized carbons (Fsp3) is 0.625. The SMILES string of the molecule is CC(O)C(NC(=O)C(N)CC(N)=O)C(=O)NC(CS)C(=O)NC(CCC(=O)O)C(=O)O. The molecule has 0 aliphatic rings. The van der Waals surface area contributed by atoms with Crippen LogP contribution in [0, 0.1) is 0 Å². The Bertz CT molecular complexity index is 703. The number of thiol groups is 1. The Labute approximate surface area is 182 Å². The molecule has 0 aliphatic carbocycles. The van der Waals surface area contributed by atoms with Gasteiger partial charge in [-0.25, -0.2) is 4.79 Å². The maximum Gasteiger partial charge on any atom is 0.326 e. The molecule has 0 bridgehead atoms. The lowest BCUT2D eigenvalue weighted by molar-refractivity contribution is -0.143. The highest BCUT2D eigenvalue weighted by Crippen LogP contribution is 2.02. The van der Waals surface area contributed by atoms with Gasteiger partial charge in [-0.05, 0) is 13.3 Å². The third kappa shape index (κ3) is 10.6. The Morgan fingerprint density at radius 2 is 1.48 bits per heavy atom. The van der Waals surface area contributed by atoms with Crippen LogP contribution in [-0.4, -0.2) is 86.9 Å². The minimum absolute atomic E-state index is 0.287. The van der Waals surface area contributed by atoms with Gasteiger partial charge in [0.1, 0.15) is 18.1 Å². The smallest absolute Gasteiger partial charge is 0.326 e. The monoisotopic (exact) mass is 465 g/mol. The fourth-order valence-corrected chi connectivity index (χ4v) is 2.49. The summed E-state index contributed by atoms with van der Waals surface area (Å²) < 4.78 is 0. The summed E-state index contributed by atoms with van der Waals surface area (Å²) in [6.07, 6.45) is -2.85. The van der Waals surface area contributed by atoms with E-state index in [1.54, 1.807) is 0 Å². The number of rotatable bonds is 14. The molecule has 0 aromatic heterocycles. The lowest BCUT2D eigenvalue weighted by Gasteiger charge is -2.25. The number of carbonyl (C=O) groups excluding carboxylic acids is 4. The minimum Gasteiger partial charge on any atom is -0.481 e. The number of aliphatic hydroxyl groups is 1. The molecule has 31 heavy (non-hydrogen) atoms. The van der Waals surface area contributed by atoms with Gasteiger partial charge < -0.3 is 42.7 Å². The van der Waals surface area contributed by atoms with E-state index in [0.29, 0.717) is 0 Å². The van der Waals surface area contributed by atoms with Gasteiger partial charge in [0.2, 0.25) is 23.6 Å². The molecule has 5 atom stereocenters. The van der Waals surface area contributed by atoms with Crippen LogP contribution < -0.4 is 27.4 Å². The first-order chi connectivity index (χ1) is 14.3. The van der Waals surface area contributed by atoms with Gasteiger partial charge in [0, 0.05) is 12.2 Å². The number of hydrogen-bond donors (Lipinski definition) is 9. The van der Waals surface area contributed by atoms with Crippen molar-refractivity contribution in [2.75, 3.05) is 5.75 Å². The third-order valence-corrected chi connectivity index (χ3v) is 4.26. The van der Waals surface area contributed by atoms with Gasteiger partial charge in [0.25, 0.3) is 0 Å². The number of nitrogens with two attached hydrogens (primary N) is 2. The molecule has 15 heteroatoms. The van der Waals surface area contributed by atoms with E-state index >= 15 is 0 Å². The van der Waals surface area contributed by atoms with Crippen LogP contribution in [0.1, 0.15) is 26.2 Å². The molecule has 4 amide bonds. The molecule has 0 rings (SSSR count). The van der Waals surface area contributed by atoms with E-state index in [9.17, 15) is 33.9 Å². The predicted molar refractivity (Wildman–Crippen MR) is 108 cm³/mol. The van der Waals surface area contributed by atoms with Crippen LogP contribution in [0.25, 0.3) is 0 Å². The fourth-order valence-electron chi connectivity index (χ4n) is 2.23. The first kappa shape index (κ1) is 28.1. The van der Waals surface area contributed by atoms with E-state index < -0.39 is 85.1 Å². The summed E-state index contributed by atoms with van der Waals surface area (Å²) in [5.74, 6) is -6.82. The van der Waals surface area contributed by atoms with E-state index in [1.165, 1.54) is 6.92 Å². The molecule has 14 nitrogen and oxygen atoms in total. The maximum absolute atomic E-state index is 12.4. The Morgan fingerprint density at radius 3 is 1.90 bits per heavy atom. The highest BCUT2D eigenvalue weighted by Gasteiger charge is 2.32. The Morgan fingerprint density at radius 1 is 0.935 bits per heavy atom. The summed E-state index contributed by atoms with van der Waals surface area (Å²) in [5.41, 5.74) is 10.4. The zero-order valence-electron chi connectivity index (χ0n) is 16.6. The molecule has 0 aromatic rings. The molecule has 0 aliphatic heterocycles. The molecular formula is C16H27N5O9S. The highest BCUT2D eigenvalue weighted by atomic mass is 32.1. The first-order valence-electron chi connectivity index (χ1n) is 8.98. The zero-order chi connectivity index (χ0) is 24.3. The number of primary amides is 1. The van der Waals surface area contributed by atoms with Crippen LogP contribution >= 0.6 is 12.6 Å². The number of amides is 4. The molecule has 0 radical (unpaired) electrons. The summed E-state index contributed by atoms with van der Waals surface area (Å²) in [6.45, 7) is 1.17. The van der Waals surface area contributed by atoms with Crippen molar-refractivity contribution in [3.8, 4) is 0 Å². The number of hydrogen-bond acceptors (Lipinski definition) is 9. The van der Waals surface area contributed by atoms with Crippen LogP contribution in [0.5, 0.6) is 0 Å². The number of nitrogens with one attached hydrogen (secondary N) is 3. The summed E-state index contributed by atoms with van der Waals surface area (Å²) in [5, 5.41) is 34.0. The van der Waals surface area contributed by atoms with Gasteiger partial charge in [-0.2, -0.15) is 12.6 Å². The average Bonchev–Trinajstić information content (AvgIpc) is 2.65. The molecule has 0 spiro atoms. The van der Waals surface area contributed by atoms with Gasteiger partial charge in [0.15, 0.2) is 0 Å². The Balaban J connectivity index is 5.17. The van der Waals surface area contributed by atoms with Gasteiger partial charge in [0.05, 0.1) is 18.6 Å². The summed E-state index contributed by atoms with van der Waals surface area (Å²) in [7, 11) is 0. The minimum atomic E-state index is -1.57. The Kier molecular flexibility index (Phi) is 12.1. The van der Waals surface area contributed by atoms with E-state index in [4.69, 9.17) is 21.7 Å². The van der Waals surface area contributed by atoms with Gasteiger partial charge in [-0.15, -0.1) is 0 Å². The van der Waals surface area contributed by atoms with Crippen LogP contribution in [0.3, 0.4) is 0 Å². The van der Waals surface area contributed by atoms with E-state index in [0.717, 1.165) is 0 Å². The van der Waals surface area contributed by atoms with Crippen molar-refractivity contribution in [3.63, 3.8) is 0 Å². The van der Waals surface area contributed by atoms with Crippen molar-refractivity contribution in [2.24, 2.45) is 11.5 Å². The molecule has 0 saturated carbocycles. The number of aliphatic hydroxyl groups excluding tert-OH is 1. The van der Waals surface area contributed by atoms with Crippen molar-refractivity contribution in [1.29, 1.82) is 0 Å². The van der Waals surface area contributed by atoms with Crippen LogP contribution in [-0.2, 0) is 28.8 Å². The van der Waals surface area contributed by atoms with E-state index in [1.807, 2.05) is 0 Å². The highest BCUT2D eigenvalue weighted by molar-refractivity contribution is 7.80. The number of carboxylic acid groups (broad SMARTS) is 2. The summed E-state index contributed by atoms with van der Waals surface area (Å²) in [6, 6.07) is -5.84. The number of aliphatic carboxylic acids is 2. The number of carbonyl (C=O) groups is 6. The second-order valence-corrected chi connectivity index (χ2v) is 6.94. The zero-order valence-corrected chi connectivity index (χ0v) is 17.5. The van der Waals surface area contributed by atoms with Gasteiger partial charge in [-0.1, -0.05) is 0 Å². The molecule has 0 aromatic carbocycles. The first-order valence-corrected chi connectivity index (χ1v) is 9.61. The van der Waals surface area contributed by atoms with Crippen molar-refractivity contribution >= 4 is 48.2 Å². The van der Waals surface area contributed by atoms with Crippen molar-refractivity contribution in [2.45, 2.75) is 56.5 Å². The van der Waals surface area contributed by atoms with Crippen molar-refractivity contribution in [3.05, 3.63) is 0 Å². The van der Waals surface area contributed by atoms with Crippen LogP contribution in [0.2, 0.25) is 0 Å². The van der Waals surface area contributed by atoms with Gasteiger partial charge in [-0.3, -0.25) is 24.0 Å². The van der Waals surface area contributed by atoms with E-state index in [2.05, 4.69) is 28.6 Å². The molecule has 176 valence electrons. The second kappa shape index (κ2) is 13.4. The van der Waals surface area contributed by atoms with Crippen molar-refractivity contribution in [1.82, 2.24) is 16.0 Å². The largest absolute Gasteiger partial charge is 0.481 e. The number of carboxylic acids is 2. The molecular weight excluding hydrogens is 438 g/mol. The molecule has 5 unspecified atom stereocenters. The maximum atomic E-state index is 12.4.